The van der Waals surface area contributed by atoms with Crippen molar-refractivity contribution in [1.29, 1.82) is 0 Å². The van der Waals surface area contributed by atoms with Crippen LogP contribution in [0.25, 0.3) is 0 Å². The average molecular weight is 437 g/mol. The van der Waals surface area contributed by atoms with Gasteiger partial charge in [-0.1, -0.05) is 18.2 Å². The van der Waals surface area contributed by atoms with Gasteiger partial charge in [-0.15, -0.1) is 0 Å². The predicted octanol–water partition coefficient (Wildman–Crippen LogP) is 2.93. The van der Waals surface area contributed by atoms with Crippen LogP contribution in [0.2, 0.25) is 0 Å². The molecule has 2 heterocycles. The first-order valence-electron chi connectivity index (χ1n) is 9.87. The van der Waals surface area contributed by atoms with Crippen molar-refractivity contribution in [2.45, 2.75) is 12.7 Å². The van der Waals surface area contributed by atoms with Crippen LogP contribution in [0, 0.1) is 0 Å². The number of hydrogen-bond acceptors (Lipinski definition) is 5. The Bertz CT molecular complexity index is 866. The summed E-state index contributed by atoms with van der Waals surface area (Å²) in [5.41, 5.74) is 1.89. The molecule has 0 radical (unpaired) electrons. The molecule has 10 heteroatoms. The summed E-state index contributed by atoms with van der Waals surface area (Å²) in [6.07, 6.45) is -2.89. The number of aliphatic imine (C=N–C) groups is 1. The number of nitrogens with one attached hydrogen (secondary N) is 1. The number of aromatic nitrogens is 1. The van der Waals surface area contributed by atoms with Crippen molar-refractivity contribution in [3.8, 4) is 11.6 Å². The van der Waals surface area contributed by atoms with Crippen molar-refractivity contribution in [3.63, 3.8) is 0 Å². The molecule has 0 saturated carbocycles. The van der Waals surface area contributed by atoms with Crippen LogP contribution in [0.1, 0.15) is 5.56 Å². The summed E-state index contributed by atoms with van der Waals surface area (Å²) < 4.78 is 46.7. The van der Waals surface area contributed by atoms with E-state index in [0.29, 0.717) is 6.54 Å². The highest BCUT2D eigenvalue weighted by Gasteiger charge is 2.28. The molecular weight excluding hydrogens is 411 g/mol. The second-order valence-corrected chi connectivity index (χ2v) is 6.96. The van der Waals surface area contributed by atoms with Crippen molar-refractivity contribution >= 4 is 11.6 Å². The lowest BCUT2D eigenvalue weighted by Crippen LogP contribution is -2.52. The number of nitrogens with zero attached hydrogens (tertiary/aromatic N) is 4. The quantitative estimate of drug-likeness (QED) is 0.554. The molecule has 0 aliphatic carbocycles. The van der Waals surface area contributed by atoms with Gasteiger partial charge in [-0.3, -0.25) is 4.99 Å². The molecule has 31 heavy (non-hydrogen) atoms. The number of pyridine rings is 1. The number of guanidine groups is 1. The molecule has 1 N–H and O–H groups in total. The molecule has 168 valence electrons. The molecule has 0 amide bonds. The van der Waals surface area contributed by atoms with Crippen LogP contribution in [0.15, 0.2) is 47.6 Å². The minimum atomic E-state index is -4.38. The van der Waals surface area contributed by atoms with Crippen molar-refractivity contribution in [3.05, 3.63) is 48.2 Å². The number of rotatable bonds is 6. The Balaban J connectivity index is 1.50. The summed E-state index contributed by atoms with van der Waals surface area (Å²) in [4.78, 5) is 12.7. The zero-order valence-electron chi connectivity index (χ0n) is 17.5. The van der Waals surface area contributed by atoms with E-state index in [1.165, 1.54) is 12.3 Å². The van der Waals surface area contributed by atoms with Crippen LogP contribution in [0.3, 0.4) is 0 Å². The van der Waals surface area contributed by atoms with E-state index in [1.54, 1.807) is 20.2 Å². The third kappa shape index (κ3) is 6.40. The Morgan fingerprint density at radius 2 is 1.87 bits per heavy atom. The molecule has 0 bridgehead atoms. The van der Waals surface area contributed by atoms with Gasteiger partial charge in [0.1, 0.15) is 5.75 Å². The maximum atomic E-state index is 12.2. The van der Waals surface area contributed by atoms with Crippen LogP contribution >= 0.6 is 0 Å². The molecule has 3 rings (SSSR count). The third-order valence-electron chi connectivity index (χ3n) is 4.85. The maximum absolute atomic E-state index is 12.2. The molecule has 2 aromatic rings. The number of methoxy groups -OCH3 is 1. The number of ether oxygens (including phenoxy) is 2. The third-order valence-corrected chi connectivity index (χ3v) is 4.85. The van der Waals surface area contributed by atoms with E-state index in [4.69, 9.17) is 4.74 Å². The molecule has 1 aliphatic heterocycles. The fraction of sp³-hybridized carbons (Fsp3) is 0.429. The van der Waals surface area contributed by atoms with Crippen molar-refractivity contribution in [2.24, 2.45) is 4.99 Å². The first-order valence-corrected chi connectivity index (χ1v) is 9.87. The molecule has 1 fully saturated rings. The maximum Gasteiger partial charge on any atom is 0.422 e. The monoisotopic (exact) mass is 437 g/mol. The normalized spacial score (nSPS) is 15.1. The van der Waals surface area contributed by atoms with Gasteiger partial charge >= 0.3 is 6.18 Å². The van der Waals surface area contributed by atoms with E-state index in [9.17, 15) is 13.2 Å². The van der Waals surface area contributed by atoms with Gasteiger partial charge in [0.15, 0.2) is 12.6 Å². The van der Waals surface area contributed by atoms with Crippen molar-refractivity contribution in [2.75, 3.05) is 51.8 Å². The molecule has 7 nitrogen and oxygen atoms in total. The lowest BCUT2D eigenvalue weighted by atomic mass is 10.2. The number of anilines is 1. The number of piperazine rings is 1. The molecule has 0 unspecified atom stereocenters. The Hall–Kier alpha value is -3.17. The van der Waals surface area contributed by atoms with Gasteiger partial charge in [0.05, 0.1) is 12.8 Å². The topological polar surface area (TPSA) is 62.2 Å². The summed E-state index contributed by atoms with van der Waals surface area (Å²) in [5.74, 6) is 1.56. The SMILES string of the molecule is CN=C(NCc1ccc(OCC(F)(F)F)nc1)N1CCN(c2ccccc2OC)CC1. The average Bonchev–Trinajstić information content (AvgIpc) is 2.79. The standard InChI is InChI=1S/C21H26F3N5O2/c1-25-20(27-14-16-7-8-19(26-13-16)31-15-21(22,23)24)29-11-9-28(10-12-29)17-5-3-4-6-18(17)30-2/h3-8,13H,9-12,14-15H2,1-2H3,(H,25,27). The highest BCUT2D eigenvalue weighted by molar-refractivity contribution is 5.80. The summed E-state index contributed by atoms with van der Waals surface area (Å²) in [6.45, 7) is 2.33. The number of alkyl halides is 3. The molecule has 1 aliphatic rings. The lowest BCUT2D eigenvalue weighted by molar-refractivity contribution is -0.154. The first kappa shape index (κ1) is 22.5. The number of halogens is 3. The number of benzene rings is 1. The fourth-order valence-electron chi connectivity index (χ4n) is 3.32. The molecule has 0 spiro atoms. The second kappa shape index (κ2) is 10.2. The van der Waals surface area contributed by atoms with E-state index in [0.717, 1.165) is 49.1 Å². The predicted molar refractivity (Wildman–Crippen MR) is 113 cm³/mol. The minimum Gasteiger partial charge on any atom is -0.495 e. The van der Waals surface area contributed by atoms with Gasteiger partial charge in [-0.2, -0.15) is 13.2 Å². The minimum absolute atomic E-state index is 0.0575. The second-order valence-electron chi connectivity index (χ2n) is 6.96. The van der Waals surface area contributed by atoms with Gasteiger partial charge in [0, 0.05) is 52.0 Å². The summed E-state index contributed by atoms with van der Waals surface area (Å²) in [6, 6.07) is 11.1. The van der Waals surface area contributed by atoms with Gasteiger partial charge in [-0.25, -0.2) is 4.98 Å². The van der Waals surface area contributed by atoms with Crippen molar-refractivity contribution in [1.82, 2.24) is 15.2 Å². The highest BCUT2D eigenvalue weighted by atomic mass is 19.4. The molecule has 0 atom stereocenters. The van der Waals surface area contributed by atoms with Gasteiger partial charge < -0.3 is 24.6 Å². The Kier molecular flexibility index (Phi) is 7.43. The smallest absolute Gasteiger partial charge is 0.422 e. The van der Waals surface area contributed by atoms with E-state index in [1.807, 2.05) is 18.2 Å². The Labute approximate surface area is 179 Å². The summed E-state index contributed by atoms with van der Waals surface area (Å²) in [7, 11) is 3.39. The highest BCUT2D eigenvalue weighted by Crippen LogP contribution is 2.28. The molecule has 1 saturated heterocycles. The zero-order valence-corrected chi connectivity index (χ0v) is 17.5. The Morgan fingerprint density at radius 1 is 1.13 bits per heavy atom. The van der Waals surface area contributed by atoms with Gasteiger partial charge in [-0.05, 0) is 17.7 Å². The Morgan fingerprint density at radius 3 is 2.48 bits per heavy atom. The van der Waals surface area contributed by atoms with Crippen LogP contribution in [-0.2, 0) is 6.54 Å². The van der Waals surface area contributed by atoms with E-state index in [2.05, 4.69) is 35.9 Å². The van der Waals surface area contributed by atoms with E-state index < -0.39 is 12.8 Å². The summed E-state index contributed by atoms with van der Waals surface area (Å²) in [5, 5.41) is 3.28. The first-order chi connectivity index (χ1) is 14.9. The van der Waals surface area contributed by atoms with Crippen LogP contribution in [0.5, 0.6) is 11.6 Å². The molecule has 1 aromatic carbocycles. The molecular formula is C21H26F3N5O2. The largest absolute Gasteiger partial charge is 0.495 e. The van der Waals surface area contributed by atoms with E-state index >= 15 is 0 Å². The van der Waals surface area contributed by atoms with E-state index in [-0.39, 0.29) is 5.88 Å². The zero-order chi connectivity index (χ0) is 22.3. The fourth-order valence-corrected chi connectivity index (χ4v) is 3.32. The van der Waals surface area contributed by atoms with Crippen LogP contribution < -0.4 is 19.7 Å². The van der Waals surface area contributed by atoms with Crippen LogP contribution in [0.4, 0.5) is 18.9 Å². The van der Waals surface area contributed by atoms with Crippen molar-refractivity contribution < 1.29 is 22.6 Å². The van der Waals surface area contributed by atoms with Crippen LogP contribution in [-0.4, -0.2) is 69.0 Å². The molecule has 1 aromatic heterocycles. The van der Waals surface area contributed by atoms with Gasteiger partial charge in [0.25, 0.3) is 0 Å². The number of hydrogen-bond donors (Lipinski definition) is 1. The lowest BCUT2D eigenvalue weighted by Gasteiger charge is -2.38. The summed E-state index contributed by atoms with van der Waals surface area (Å²) >= 11 is 0. The van der Waals surface area contributed by atoms with Gasteiger partial charge in [0.2, 0.25) is 5.88 Å². The number of para-hydroxylation sites is 2.